The Morgan fingerprint density at radius 3 is 2.09 bits per heavy atom. The van der Waals surface area contributed by atoms with Gasteiger partial charge in [0.1, 0.15) is 17.4 Å². The van der Waals surface area contributed by atoms with Gasteiger partial charge in [-0.3, -0.25) is 0 Å². The molecule has 3 nitrogen and oxygen atoms in total. The largest absolute Gasteiger partial charge is 0.429 e. The Labute approximate surface area is 263 Å². The summed E-state index contributed by atoms with van der Waals surface area (Å²) in [6, 6.07) is 7.66. The number of nitrogens with zero attached hydrogens (tertiary/aromatic N) is 2. The highest BCUT2D eigenvalue weighted by Gasteiger charge is 2.29. The monoisotopic (exact) mass is 642 g/mol. The van der Waals surface area contributed by atoms with Gasteiger partial charge >= 0.3 is 6.11 Å². The molecule has 1 aromatic heterocycles. The lowest BCUT2D eigenvalue weighted by atomic mass is 9.77. The Balaban J connectivity index is 1.20. The Bertz CT molecular complexity index is 1660. The molecule has 10 heteroatoms. The van der Waals surface area contributed by atoms with Crippen molar-refractivity contribution in [3.05, 3.63) is 107 Å². The predicted octanol–water partition coefficient (Wildman–Crippen LogP) is 11.0. The van der Waals surface area contributed by atoms with Crippen molar-refractivity contribution in [3.63, 3.8) is 0 Å². The molecular weight excluding hydrogens is 609 g/mol. The normalized spacial score (nSPS) is 17.0. The minimum Gasteiger partial charge on any atom is -0.429 e. The van der Waals surface area contributed by atoms with Crippen molar-refractivity contribution in [1.29, 1.82) is 0 Å². The fourth-order valence-electron chi connectivity index (χ4n) is 5.85. The van der Waals surface area contributed by atoms with E-state index >= 15 is 0 Å². The standard InChI is InChI=1S/C36H33F7N2O/c1-2-3-4-5-22-6-8-23(9-7-22)27-20-44-35(45-21-27)25-11-10-24(30(37)16-25)14-15-36(42,43)46-28-12-13-29(31(38)19-28)26-17-32(39)34(41)33(40)18-26/h10-23H,2-9H2,1H3. The fourth-order valence-corrected chi connectivity index (χ4v) is 5.85. The molecule has 1 fully saturated rings. The summed E-state index contributed by atoms with van der Waals surface area (Å²) in [6.45, 7) is 2.21. The van der Waals surface area contributed by atoms with Crippen molar-refractivity contribution in [1.82, 2.24) is 9.97 Å². The first-order valence-electron chi connectivity index (χ1n) is 15.4. The van der Waals surface area contributed by atoms with Gasteiger partial charge in [0, 0.05) is 41.2 Å². The summed E-state index contributed by atoms with van der Waals surface area (Å²) in [5.74, 6) is -5.79. The molecule has 0 amide bonds. The molecule has 0 saturated heterocycles. The number of benzene rings is 3. The summed E-state index contributed by atoms with van der Waals surface area (Å²) in [6.07, 6.45) is 10.4. The first-order chi connectivity index (χ1) is 22.0. The second-order valence-electron chi connectivity index (χ2n) is 11.7. The Hall–Kier alpha value is -4.21. The molecular formula is C36H33F7N2O. The van der Waals surface area contributed by atoms with Crippen molar-refractivity contribution in [2.24, 2.45) is 5.92 Å². The molecule has 0 atom stereocenters. The van der Waals surface area contributed by atoms with Gasteiger partial charge in [0.2, 0.25) is 0 Å². The van der Waals surface area contributed by atoms with Crippen LogP contribution in [0.2, 0.25) is 0 Å². The molecule has 242 valence electrons. The Kier molecular flexibility index (Phi) is 10.4. The Morgan fingerprint density at radius 2 is 1.46 bits per heavy atom. The maximum Gasteiger partial charge on any atom is 0.419 e. The van der Waals surface area contributed by atoms with Crippen LogP contribution < -0.4 is 4.74 Å². The molecule has 0 N–H and O–H groups in total. The van der Waals surface area contributed by atoms with Crippen LogP contribution in [0.25, 0.3) is 28.6 Å². The van der Waals surface area contributed by atoms with E-state index in [1.165, 1.54) is 50.7 Å². The average Bonchev–Trinajstić information content (AvgIpc) is 3.03. The van der Waals surface area contributed by atoms with E-state index in [4.69, 9.17) is 0 Å². The fraction of sp³-hybridized carbons (Fsp3) is 0.333. The topological polar surface area (TPSA) is 35.0 Å². The minimum absolute atomic E-state index is 0.152. The second-order valence-corrected chi connectivity index (χ2v) is 11.7. The number of unbranched alkanes of at least 4 members (excludes halogenated alkanes) is 2. The van der Waals surface area contributed by atoms with Crippen LogP contribution in [0, 0.1) is 35.0 Å². The number of halogens is 7. The van der Waals surface area contributed by atoms with Gasteiger partial charge in [-0.2, -0.15) is 8.78 Å². The van der Waals surface area contributed by atoms with Crippen molar-refractivity contribution in [3.8, 4) is 28.3 Å². The molecule has 3 aromatic carbocycles. The highest BCUT2D eigenvalue weighted by atomic mass is 19.3. The van der Waals surface area contributed by atoms with Gasteiger partial charge in [-0.05, 0) is 85.1 Å². The van der Waals surface area contributed by atoms with E-state index < -0.39 is 40.9 Å². The smallest absolute Gasteiger partial charge is 0.419 e. The van der Waals surface area contributed by atoms with Gasteiger partial charge in [-0.15, -0.1) is 0 Å². The lowest BCUT2D eigenvalue weighted by Gasteiger charge is -2.28. The first-order valence-corrected chi connectivity index (χ1v) is 15.4. The van der Waals surface area contributed by atoms with Crippen LogP contribution in [0.15, 0.2) is 67.0 Å². The molecule has 0 aliphatic heterocycles. The van der Waals surface area contributed by atoms with Crippen LogP contribution in [-0.4, -0.2) is 16.1 Å². The van der Waals surface area contributed by atoms with Gasteiger partial charge in [0.25, 0.3) is 0 Å². The summed E-state index contributed by atoms with van der Waals surface area (Å²) in [5.41, 5.74) is 0.611. The highest BCUT2D eigenvalue weighted by molar-refractivity contribution is 5.65. The van der Waals surface area contributed by atoms with Gasteiger partial charge < -0.3 is 4.74 Å². The van der Waals surface area contributed by atoms with Gasteiger partial charge in [0.15, 0.2) is 23.3 Å². The van der Waals surface area contributed by atoms with E-state index in [9.17, 15) is 30.7 Å². The lowest BCUT2D eigenvalue weighted by molar-refractivity contribution is -0.131. The van der Waals surface area contributed by atoms with E-state index in [2.05, 4.69) is 21.6 Å². The number of hydrogen-bond donors (Lipinski definition) is 0. The zero-order valence-electron chi connectivity index (χ0n) is 25.2. The van der Waals surface area contributed by atoms with Crippen LogP contribution in [-0.2, 0) is 0 Å². The molecule has 1 saturated carbocycles. The first kappa shape index (κ1) is 33.2. The summed E-state index contributed by atoms with van der Waals surface area (Å²) < 4.78 is 103. The van der Waals surface area contributed by atoms with Crippen molar-refractivity contribution >= 4 is 6.08 Å². The molecule has 0 unspecified atom stereocenters. The molecule has 0 bridgehead atoms. The maximum absolute atomic E-state index is 14.9. The van der Waals surface area contributed by atoms with E-state index in [-0.39, 0.29) is 16.7 Å². The number of hydrogen-bond acceptors (Lipinski definition) is 3. The third-order valence-electron chi connectivity index (χ3n) is 8.41. The number of ether oxygens (including phenoxy) is 1. The molecule has 1 aliphatic rings. The summed E-state index contributed by atoms with van der Waals surface area (Å²) in [4.78, 5) is 8.86. The van der Waals surface area contributed by atoms with E-state index in [1.807, 2.05) is 0 Å². The molecule has 0 spiro atoms. The van der Waals surface area contributed by atoms with Crippen molar-refractivity contribution < 1.29 is 35.5 Å². The third kappa shape index (κ3) is 8.13. The van der Waals surface area contributed by atoms with Crippen LogP contribution in [0.5, 0.6) is 5.75 Å². The second kappa shape index (κ2) is 14.5. The lowest BCUT2D eigenvalue weighted by Crippen LogP contribution is -2.21. The van der Waals surface area contributed by atoms with Gasteiger partial charge in [-0.25, -0.2) is 31.9 Å². The van der Waals surface area contributed by atoms with Gasteiger partial charge in [0.05, 0.1) is 0 Å². The van der Waals surface area contributed by atoms with Crippen LogP contribution in [0.1, 0.15) is 75.3 Å². The van der Waals surface area contributed by atoms with E-state index in [0.717, 1.165) is 48.6 Å². The minimum atomic E-state index is -3.97. The molecule has 46 heavy (non-hydrogen) atoms. The van der Waals surface area contributed by atoms with Crippen LogP contribution in [0.4, 0.5) is 30.7 Å². The number of alkyl halides is 2. The zero-order chi connectivity index (χ0) is 32.8. The van der Waals surface area contributed by atoms with E-state index in [1.54, 1.807) is 12.4 Å². The molecule has 1 heterocycles. The quantitative estimate of drug-likeness (QED) is 0.0928. The van der Waals surface area contributed by atoms with Crippen LogP contribution in [0.3, 0.4) is 0 Å². The number of rotatable bonds is 11. The predicted molar refractivity (Wildman–Crippen MR) is 163 cm³/mol. The summed E-state index contributed by atoms with van der Waals surface area (Å²) >= 11 is 0. The van der Waals surface area contributed by atoms with Crippen molar-refractivity contribution in [2.45, 2.75) is 70.3 Å². The Morgan fingerprint density at radius 1 is 0.783 bits per heavy atom. The molecule has 4 aromatic rings. The number of aromatic nitrogens is 2. The average molecular weight is 643 g/mol. The van der Waals surface area contributed by atoms with Crippen molar-refractivity contribution in [2.75, 3.05) is 0 Å². The molecule has 5 rings (SSSR count). The maximum atomic E-state index is 14.9. The SMILES string of the molecule is CCCCCC1CCC(c2cnc(-c3ccc(C=CC(F)(F)Oc4ccc(-c5cc(F)c(F)c(F)c5)c(F)c4)c(F)c3)nc2)CC1. The molecule has 0 radical (unpaired) electrons. The third-order valence-corrected chi connectivity index (χ3v) is 8.41. The highest BCUT2D eigenvalue weighted by Crippen LogP contribution is 2.38. The molecule has 1 aliphatic carbocycles. The summed E-state index contributed by atoms with van der Waals surface area (Å²) in [5, 5.41) is 0. The zero-order valence-corrected chi connectivity index (χ0v) is 25.2. The van der Waals surface area contributed by atoms with Gasteiger partial charge in [-0.1, -0.05) is 44.7 Å². The van der Waals surface area contributed by atoms with Crippen LogP contribution >= 0.6 is 0 Å². The summed E-state index contributed by atoms with van der Waals surface area (Å²) in [7, 11) is 0. The van der Waals surface area contributed by atoms with E-state index in [0.29, 0.717) is 41.6 Å².